The molecule has 1 aliphatic heterocycles. The van der Waals surface area contributed by atoms with Crippen molar-refractivity contribution in [2.75, 3.05) is 20.1 Å². The highest BCUT2D eigenvalue weighted by molar-refractivity contribution is 5.78. The number of benzene rings is 1. The van der Waals surface area contributed by atoms with Gasteiger partial charge in [0.2, 0.25) is 5.91 Å². The van der Waals surface area contributed by atoms with Crippen LogP contribution in [0.15, 0.2) is 24.3 Å². The van der Waals surface area contributed by atoms with Crippen LogP contribution in [0.3, 0.4) is 0 Å². The summed E-state index contributed by atoms with van der Waals surface area (Å²) < 4.78 is 0. The molecule has 110 valence electrons. The van der Waals surface area contributed by atoms with Crippen LogP contribution in [0, 0.1) is 6.92 Å². The smallest absolute Gasteiger partial charge is 0.236 e. The molecule has 3 nitrogen and oxygen atoms in total. The number of likely N-dealkylation sites (tertiary alicyclic amines) is 1. The molecule has 0 saturated carbocycles. The Labute approximate surface area is 122 Å². The van der Waals surface area contributed by atoms with Gasteiger partial charge in [-0.3, -0.25) is 9.69 Å². The second-order valence-electron chi connectivity index (χ2n) is 5.99. The summed E-state index contributed by atoms with van der Waals surface area (Å²) in [6, 6.07) is 8.81. The number of hydrogen-bond donors (Lipinski definition) is 0. The van der Waals surface area contributed by atoms with Crippen molar-refractivity contribution in [2.24, 2.45) is 0 Å². The van der Waals surface area contributed by atoms with E-state index in [1.165, 1.54) is 30.4 Å². The predicted octanol–water partition coefficient (Wildman–Crippen LogP) is 2.83. The summed E-state index contributed by atoms with van der Waals surface area (Å²) in [5, 5.41) is 0. The lowest BCUT2D eigenvalue weighted by atomic mass is 10.0. The quantitative estimate of drug-likeness (QED) is 0.843. The molecule has 1 fully saturated rings. The monoisotopic (exact) mass is 274 g/mol. The fourth-order valence-electron chi connectivity index (χ4n) is 2.82. The number of likely N-dealkylation sites (N-methyl/N-ethyl adjacent to an activating group) is 1. The molecule has 2 rings (SSSR count). The maximum atomic E-state index is 12.4. The molecule has 0 aliphatic carbocycles. The molecule has 1 atom stereocenters. The Hall–Kier alpha value is -1.35. The molecule has 1 amide bonds. The van der Waals surface area contributed by atoms with Gasteiger partial charge in [0.25, 0.3) is 0 Å². The zero-order chi connectivity index (χ0) is 14.5. The van der Waals surface area contributed by atoms with Crippen molar-refractivity contribution < 1.29 is 4.79 Å². The van der Waals surface area contributed by atoms with Gasteiger partial charge in [0.05, 0.1) is 6.54 Å². The van der Waals surface area contributed by atoms with Crippen molar-refractivity contribution in [1.82, 2.24) is 9.80 Å². The Balaban J connectivity index is 1.90. The van der Waals surface area contributed by atoms with Crippen LogP contribution < -0.4 is 0 Å². The molecule has 3 heteroatoms. The zero-order valence-electron chi connectivity index (χ0n) is 12.9. The molecule has 0 bridgehead atoms. The molecule has 1 aromatic rings. The van der Waals surface area contributed by atoms with Crippen molar-refractivity contribution in [3.8, 4) is 0 Å². The van der Waals surface area contributed by atoms with E-state index in [2.05, 4.69) is 30.9 Å². The fourth-order valence-corrected chi connectivity index (χ4v) is 2.82. The zero-order valence-corrected chi connectivity index (χ0v) is 12.9. The van der Waals surface area contributed by atoms with Crippen LogP contribution in [0.25, 0.3) is 0 Å². The van der Waals surface area contributed by atoms with Crippen LogP contribution in [0.5, 0.6) is 0 Å². The molecule has 1 heterocycles. The molecule has 1 unspecified atom stereocenters. The van der Waals surface area contributed by atoms with E-state index in [0.29, 0.717) is 19.1 Å². The van der Waals surface area contributed by atoms with Crippen LogP contribution in [-0.2, 0) is 11.3 Å². The van der Waals surface area contributed by atoms with Gasteiger partial charge in [-0.1, -0.05) is 30.7 Å². The summed E-state index contributed by atoms with van der Waals surface area (Å²) in [5.41, 5.74) is 2.48. The van der Waals surface area contributed by atoms with Crippen LogP contribution in [-0.4, -0.2) is 41.9 Å². The van der Waals surface area contributed by atoms with Crippen molar-refractivity contribution >= 4 is 5.91 Å². The van der Waals surface area contributed by atoms with E-state index in [-0.39, 0.29) is 5.91 Å². The second-order valence-corrected chi connectivity index (χ2v) is 5.99. The van der Waals surface area contributed by atoms with E-state index in [0.717, 1.165) is 6.54 Å². The van der Waals surface area contributed by atoms with Gasteiger partial charge in [-0.15, -0.1) is 0 Å². The number of nitrogens with zero attached hydrogens (tertiary/aromatic N) is 2. The van der Waals surface area contributed by atoms with Gasteiger partial charge in [0.1, 0.15) is 0 Å². The molecule has 0 N–H and O–H groups in total. The molecular weight excluding hydrogens is 248 g/mol. The predicted molar refractivity (Wildman–Crippen MR) is 82.5 cm³/mol. The molecule has 1 aromatic carbocycles. The second kappa shape index (κ2) is 6.89. The highest BCUT2D eigenvalue weighted by atomic mass is 16.2. The summed E-state index contributed by atoms with van der Waals surface area (Å²) in [5.74, 6) is 0.224. The van der Waals surface area contributed by atoms with Gasteiger partial charge in [-0.05, 0) is 44.4 Å². The SMILES string of the molecule is Cc1ccccc1CN(C)C(=O)CN1CCCCC1C. The Kier molecular flexibility index (Phi) is 5.18. The van der Waals surface area contributed by atoms with Gasteiger partial charge in [-0.2, -0.15) is 0 Å². The lowest BCUT2D eigenvalue weighted by Gasteiger charge is -2.33. The third-order valence-corrected chi connectivity index (χ3v) is 4.37. The van der Waals surface area contributed by atoms with E-state index < -0.39 is 0 Å². The lowest BCUT2D eigenvalue weighted by molar-refractivity contribution is -0.132. The Bertz CT molecular complexity index is 458. The van der Waals surface area contributed by atoms with E-state index in [4.69, 9.17) is 0 Å². The fraction of sp³-hybridized carbons (Fsp3) is 0.588. The van der Waals surface area contributed by atoms with E-state index in [9.17, 15) is 4.79 Å². The van der Waals surface area contributed by atoms with E-state index >= 15 is 0 Å². The number of rotatable bonds is 4. The largest absolute Gasteiger partial charge is 0.340 e. The van der Waals surface area contributed by atoms with Gasteiger partial charge in [0, 0.05) is 19.6 Å². The first-order valence-corrected chi connectivity index (χ1v) is 7.60. The molecule has 0 aromatic heterocycles. The van der Waals surface area contributed by atoms with Crippen molar-refractivity contribution in [2.45, 2.75) is 45.7 Å². The van der Waals surface area contributed by atoms with Crippen molar-refractivity contribution in [3.63, 3.8) is 0 Å². The minimum atomic E-state index is 0.224. The number of piperidine rings is 1. The standard InChI is InChI=1S/C17H26N2O/c1-14-8-4-5-10-16(14)12-18(3)17(20)13-19-11-7-6-9-15(19)2/h4-5,8,10,15H,6-7,9,11-13H2,1-3H3. The van der Waals surface area contributed by atoms with Crippen LogP contribution in [0.2, 0.25) is 0 Å². The Morgan fingerprint density at radius 1 is 1.35 bits per heavy atom. The minimum Gasteiger partial charge on any atom is -0.340 e. The first kappa shape index (κ1) is 15.0. The van der Waals surface area contributed by atoms with E-state index in [1.807, 2.05) is 24.1 Å². The maximum Gasteiger partial charge on any atom is 0.236 e. The summed E-state index contributed by atoms with van der Waals surface area (Å²) in [6.45, 7) is 6.65. The maximum absolute atomic E-state index is 12.4. The molecule has 20 heavy (non-hydrogen) atoms. The average Bonchev–Trinajstić information content (AvgIpc) is 2.43. The van der Waals surface area contributed by atoms with Crippen LogP contribution in [0.1, 0.15) is 37.3 Å². The molecule has 1 saturated heterocycles. The number of carbonyl (C=O) groups excluding carboxylic acids is 1. The number of hydrogen-bond acceptors (Lipinski definition) is 2. The van der Waals surface area contributed by atoms with Gasteiger partial charge in [0.15, 0.2) is 0 Å². The first-order valence-electron chi connectivity index (χ1n) is 7.60. The molecule has 0 radical (unpaired) electrons. The topological polar surface area (TPSA) is 23.6 Å². The van der Waals surface area contributed by atoms with Gasteiger partial charge in [-0.25, -0.2) is 0 Å². The Morgan fingerprint density at radius 2 is 2.10 bits per heavy atom. The summed E-state index contributed by atoms with van der Waals surface area (Å²) in [4.78, 5) is 16.5. The number of aryl methyl sites for hydroxylation is 1. The Morgan fingerprint density at radius 3 is 2.80 bits per heavy atom. The molecular formula is C17H26N2O. The number of amides is 1. The average molecular weight is 274 g/mol. The van der Waals surface area contributed by atoms with E-state index in [1.54, 1.807) is 0 Å². The lowest BCUT2D eigenvalue weighted by Crippen LogP contribution is -2.44. The summed E-state index contributed by atoms with van der Waals surface area (Å²) in [6.07, 6.45) is 3.73. The van der Waals surface area contributed by atoms with Crippen LogP contribution in [0.4, 0.5) is 0 Å². The normalized spacial score (nSPS) is 19.9. The van der Waals surface area contributed by atoms with Gasteiger partial charge >= 0.3 is 0 Å². The third kappa shape index (κ3) is 3.83. The highest BCUT2D eigenvalue weighted by Gasteiger charge is 2.22. The van der Waals surface area contributed by atoms with Gasteiger partial charge < -0.3 is 4.90 Å². The van der Waals surface area contributed by atoms with Crippen LogP contribution >= 0.6 is 0 Å². The van der Waals surface area contributed by atoms with Crippen molar-refractivity contribution in [3.05, 3.63) is 35.4 Å². The highest BCUT2D eigenvalue weighted by Crippen LogP contribution is 2.16. The van der Waals surface area contributed by atoms with Crippen molar-refractivity contribution in [1.29, 1.82) is 0 Å². The molecule has 0 spiro atoms. The number of carbonyl (C=O) groups is 1. The first-order chi connectivity index (χ1) is 9.58. The molecule has 1 aliphatic rings. The summed E-state index contributed by atoms with van der Waals surface area (Å²) >= 11 is 0. The minimum absolute atomic E-state index is 0.224. The third-order valence-electron chi connectivity index (χ3n) is 4.37. The summed E-state index contributed by atoms with van der Waals surface area (Å²) in [7, 11) is 1.91.